The molecule has 5 nitrogen and oxygen atoms in total. The Morgan fingerprint density at radius 3 is 2.75 bits per heavy atom. The van der Waals surface area contributed by atoms with Crippen LogP contribution < -0.4 is 0 Å². The maximum Gasteiger partial charge on any atom is 0.326 e. The van der Waals surface area contributed by atoms with Crippen molar-refractivity contribution in [2.24, 2.45) is 0 Å². The number of aliphatic carboxylic acids is 1. The predicted octanol–water partition coefficient (Wildman–Crippen LogP) is 1.72. The van der Waals surface area contributed by atoms with Crippen LogP contribution in [0.1, 0.15) is 16.8 Å². The maximum atomic E-state index is 12.5. The Morgan fingerprint density at radius 2 is 2.15 bits per heavy atom. The Kier molecular flexibility index (Phi) is 4.57. The molecular formula is C13H14ClNO4S. The topological polar surface area (TPSA) is 77.8 Å². The van der Waals surface area contributed by atoms with E-state index >= 15 is 0 Å². The highest BCUT2D eigenvalue weighted by Crippen LogP contribution is 2.27. The molecule has 0 spiro atoms. The average Bonchev–Trinajstić information content (AvgIpc) is 2.81. The lowest BCUT2D eigenvalue weighted by Crippen LogP contribution is -2.40. The van der Waals surface area contributed by atoms with E-state index in [-0.39, 0.29) is 23.6 Å². The molecule has 2 atom stereocenters. The van der Waals surface area contributed by atoms with Crippen molar-refractivity contribution in [3.63, 3.8) is 0 Å². The molecule has 20 heavy (non-hydrogen) atoms. The van der Waals surface area contributed by atoms with E-state index in [0.29, 0.717) is 0 Å². The van der Waals surface area contributed by atoms with Crippen molar-refractivity contribution in [2.75, 3.05) is 12.8 Å². The van der Waals surface area contributed by atoms with Crippen molar-refractivity contribution in [3.05, 3.63) is 28.8 Å². The number of carboxylic acids is 1. The summed E-state index contributed by atoms with van der Waals surface area (Å²) in [6.45, 7) is 0.00955. The van der Waals surface area contributed by atoms with E-state index in [4.69, 9.17) is 16.7 Å². The van der Waals surface area contributed by atoms with Gasteiger partial charge in [0, 0.05) is 17.9 Å². The van der Waals surface area contributed by atoms with Crippen molar-refractivity contribution in [1.29, 1.82) is 0 Å². The molecule has 1 aliphatic rings. The van der Waals surface area contributed by atoms with Gasteiger partial charge in [-0.05, 0) is 24.5 Å². The molecule has 1 unspecified atom stereocenters. The molecule has 1 amide bonds. The fourth-order valence-electron chi connectivity index (χ4n) is 2.22. The molecule has 7 heteroatoms. The molecule has 1 aromatic carbocycles. The number of aliphatic hydroxyl groups is 1. The van der Waals surface area contributed by atoms with Crippen molar-refractivity contribution in [1.82, 2.24) is 4.90 Å². The quantitative estimate of drug-likeness (QED) is 0.831. The molecule has 2 N–H and O–H groups in total. The number of nitrogens with zero attached hydrogens (tertiary/aromatic N) is 1. The number of carbonyl (C=O) groups is 2. The zero-order valence-electron chi connectivity index (χ0n) is 10.7. The molecule has 0 radical (unpaired) electrons. The van der Waals surface area contributed by atoms with Crippen LogP contribution in [0.3, 0.4) is 0 Å². The van der Waals surface area contributed by atoms with E-state index in [1.807, 2.05) is 6.26 Å². The molecule has 1 aliphatic heterocycles. The Hall–Kier alpha value is -1.24. The number of rotatable bonds is 3. The monoisotopic (exact) mass is 315 g/mol. The molecule has 1 heterocycles. The minimum Gasteiger partial charge on any atom is -0.480 e. The Bertz CT molecular complexity index is 551. The van der Waals surface area contributed by atoms with Crippen LogP contribution >= 0.6 is 23.4 Å². The molecular weight excluding hydrogens is 302 g/mol. The van der Waals surface area contributed by atoms with Gasteiger partial charge < -0.3 is 15.1 Å². The molecule has 108 valence electrons. The fourth-order valence-corrected chi connectivity index (χ4v) is 2.86. The number of carbonyl (C=O) groups excluding carboxylic acids is 1. The van der Waals surface area contributed by atoms with Gasteiger partial charge in [-0.15, -0.1) is 11.8 Å². The minimum atomic E-state index is -1.12. The molecule has 0 bridgehead atoms. The minimum absolute atomic E-state index is 0.00955. The summed E-state index contributed by atoms with van der Waals surface area (Å²) in [5.41, 5.74) is 0.263. The van der Waals surface area contributed by atoms with Crippen LogP contribution in [-0.2, 0) is 4.79 Å². The summed E-state index contributed by atoms with van der Waals surface area (Å²) in [5, 5.41) is 19.0. The number of amides is 1. The Morgan fingerprint density at radius 1 is 1.45 bits per heavy atom. The second-order valence-electron chi connectivity index (χ2n) is 4.55. The van der Waals surface area contributed by atoms with E-state index in [0.717, 1.165) is 4.90 Å². The van der Waals surface area contributed by atoms with E-state index in [1.165, 1.54) is 16.7 Å². The van der Waals surface area contributed by atoms with Crippen LogP contribution in [0.2, 0.25) is 5.02 Å². The number of hydrogen-bond acceptors (Lipinski definition) is 4. The lowest BCUT2D eigenvalue weighted by molar-refractivity contribution is -0.141. The number of likely N-dealkylation sites (tertiary alicyclic amines) is 1. The van der Waals surface area contributed by atoms with Crippen LogP contribution in [0.4, 0.5) is 0 Å². The first kappa shape index (κ1) is 15.2. The van der Waals surface area contributed by atoms with Gasteiger partial charge in [-0.3, -0.25) is 4.79 Å². The van der Waals surface area contributed by atoms with Crippen molar-refractivity contribution >= 4 is 35.2 Å². The number of hydrogen-bond donors (Lipinski definition) is 2. The second-order valence-corrected chi connectivity index (χ2v) is 5.83. The van der Waals surface area contributed by atoms with Gasteiger partial charge in [-0.2, -0.15) is 0 Å². The normalized spacial score (nSPS) is 22.1. The zero-order valence-corrected chi connectivity index (χ0v) is 12.3. The number of β-amino-alcohol motifs (C(OH)–C–C–N with tert-alkyl or cyclic N) is 1. The third-order valence-electron chi connectivity index (χ3n) is 3.23. The number of halogens is 1. The van der Waals surface area contributed by atoms with Crippen molar-refractivity contribution in [2.45, 2.75) is 23.5 Å². The van der Waals surface area contributed by atoms with Crippen LogP contribution in [0.25, 0.3) is 0 Å². The summed E-state index contributed by atoms with van der Waals surface area (Å²) < 4.78 is 0. The highest BCUT2D eigenvalue weighted by molar-refractivity contribution is 7.98. The molecule has 0 aliphatic carbocycles. The standard InChI is InChI=1S/C13H14ClNO4S/c1-20-8-2-3-10(14)9(5-8)12(17)15-6-7(16)4-11(15)13(18)19/h2-3,5,7,11,16H,4,6H2,1H3,(H,18,19)/t7?,11-/m0/s1. The first-order valence-corrected chi connectivity index (χ1v) is 7.59. The highest BCUT2D eigenvalue weighted by Gasteiger charge is 2.39. The molecule has 0 saturated carbocycles. The molecule has 2 rings (SSSR count). The number of carboxylic acid groups (broad SMARTS) is 1. The smallest absolute Gasteiger partial charge is 0.326 e. The molecule has 0 aromatic heterocycles. The lowest BCUT2D eigenvalue weighted by atomic mass is 10.1. The van der Waals surface area contributed by atoms with Crippen LogP contribution in [-0.4, -0.2) is 51.9 Å². The second kappa shape index (κ2) is 6.03. The van der Waals surface area contributed by atoms with Gasteiger partial charge in [-0.25, -0.2) is 4.79 Å². The maximum absolute atomic E-state index is 12.5. The lowest BCUT2D eigenvalue weighted by Gasteiger charge is -2.21. The molecule has 1 saturated heterocycles. The van der Waals surface area contributed by atoms with E-state index < -0.39 is 24.0 Å². The third-order valence-corrected chi connectivity index (χ3v) is 4.28. The van der Waals surface area contributed by atoms with Crippen LogP contribution in [0.5, 0.6) is 0 Å². The predicted molar refractivity (Wildman–Crippen MR) is 76.3 cm³/mol. The third kappa shape index (κ3) is 2.92. The van der Waals surface area contributed by atoms with Gasteiger partial charge in [0.1, 0.15) is 6.04 Å². The summed E-state index contributed by atoms with van der Waals surface area (Å²) in [6.07, 6.45) is 1.10. The van der Waals surface area contributed by atoms with Gasteiger partial charge >= 0.3 is 5.97 Å². The Balaban J connectivity index is 2.33. The molecule has 1 fully saturated rings. The van der Waals surface area contributed by atoms with Gasteiger partial charge in [0.25, 0.3) is 5.91 Å². The van der Waals surface area contributed by atoms with E-state index in [2.05, 4.69) is 0 Å². The summed E-state index contributed by atoms with van der Waals surface area (Å²) in [4.78, 5) is 25.6. The van der Waals surface area contributed by atoms with Gasteiger partial charge in [0.15, 0.2) is 0 Å². The van der Waals surface area contributed by atoms with Crippen molar-refractivity contribution in [3.8, 4) is 0 Å². The highest BCUT2D eigenvalue weighted by atomic mass is 35.5. The van der Waals surface area contributed by atoms with Gasteiger partial charge in [-0.1, -0.05) is 11.6 Å². The van der Waals surface area contributed by atoms with Gasteiger partial charge in [0.2, 0.25) is 0 Å². The van der Waals surface area contributed by atoms with Crippen molar-refractivity contribution < 1.29 is 19.8 Å². The summed E-state index contributed by atoms with van der Waals surface area (Å²) >= 11 is 7.49. The first-order chi connectivity index (χ1) is 9.43. The zero-order chi connectivity index (χ0) is 14.9. The summed E-state index contributed by atoms with van der Waals surface area (Å²) in [6, 6.07) is 4.03. The van der Waals surface area contributed by atoms with Crippen LogP contribution in [0, 0.1) is 0 Å². The summed E-state index contributed by atoms with van der Waals surface area (Å²) in [7, 11) is 0. The number of aliphatic hydroxyl groups excluding tert-OH is 1. The average molecular weight is 316 g/mol. The van der Waals surface area contributed by atoms with Crippen LogP contribution in [0.15, 0.2) is 23.1 Å². The molecule has 1 aromatic rings. The Labute approximate surface area is 125 Å². The fraction of sp³-hybridized carbons (Fsp3) is 0.385. The SMILES string of the molecule is CSc1ccc(Cl)c(C(=O)N2CC(O)C[C@H]2C(=O)O)c1. The van der Waals surface area contributed by atoms with E-state index in [9.17, 15) is 14.7 Å². The first-order valence-electron chi connectivity index (χ1n) is 5.99. The van der Waals surface area contributed by atoms with E-state index in [1.54, 1.807) is 18.2 Å². The number of thioether (sulfide) groups is 1. The number of benzene rings is 1. The largest absolute Gasteiger partial charge is 0.480 e. The summed E-state index contributed by atoms with van der Waals surface area (Å²) in [5.74, 6) is -1.58. The van der Waals surface area contributed by atoms with Gasteiger partial charge in [0.05, 0.1) is 16.7 Å².